The molecule has 0 fully saturated rings. The van der Waals surface area contributed by atoms with Crippen LogP contribution in [0.4, 0.5) is 5.69 Å². The topological polar surface area (TPSA) is 92.5 Å². The summed E-state index contributed by atoms with van der Waals surface area (Å²) in [7, 11) is 0. The molecular formula is C16H13BrN2O4. The van der Waals surface area contributed by atoms with Crippen LogP contribution in [0, 0.1) is 10.1 Å². The Hall–Kier alpha value is -2.67. The van der Waals surface area contributed by atoms with Gasteiger partial charge in [-0.25, -0.2) is 0 Å². The number of aromatic hydroxyl groups is 1. The number of hydrogen-bond acceptors (Lipinski definition) is 4. The summed E-state index contributed by atoms with van der Waals surface area (Å²) in [5, 5.41) is 23.4. The maximum absolute atomic E-state index is 12.4. The molecule has 23 heavy (non-hydrogen) atoms. The van der Waals surface area contributed by atoms with Gasteiger partial charge in [0, 0.05) is 23.2 Å². The minimum atomic E-state index is -0.555. The summed E-state index contributed by atoms with van der Waals surface area (Å²) in [6.07, 6.45) is 1.25. The number of anilines is 1. The van der Waals surface area contributed by atoms with E-state index in [1.807, 2.05) is 0 Å². The van der Waals surface area contributed by atoms with Crippen LogP contribution in [0.2, 0.25) is 0 Å². The van der Waals surface area contributed by atoms with Gasteiger partial charge in [-0.05, 0) is 35.9 Å². The summed E-state index contributed by atoms with van der Waals surface area (Å²) in [5.41, 5.74) is 0.668. The standard InChI is InChI=1S/C16H13BrN2O4/c1-10(19(22)23)9-11-3-2-4-14(20)15(11)16(21)18-13-7-5-12(17)6-8-13/h2-9,20H,1H3,(H,18,21). The maximum atomic E-state index is 12.4. The lowest BCUT2D eigenvalue weighted by Crippen LogP contribution is -2.13. The lowest BCUT2D eigenvalue weighted by atomic mass is 10.0. The Kier molecular flexibility index (Phi) is 5.13. The van der Waals surface area contributed by atoms with Gasteiger partial charge in [0.1, 0.15) is 5.75 Å². The molecule has 2 rings (SSSR count). The molecule has 0 bridgehead atoms. The molecule has 0 spiro atoms. The van der Waals surface area contributed by atoms with Crippen molar-refractivity contribution in [1.29, 1.82) is 0 Å². The smallest absolute Gasteiger partial charge is 0.260 e. The Balaban J connectivity index is 2.38. The lowest BCUT2D eigenvalue weighted by Gasteiger charge is -2.10. The van der Waals surface area contributed by atoms with Crippen molar-refractivity contribution in [2.24, 2.45) is 0 Å². The molecule has 0 saturated carbocycles. The van der Waals surface area contributed by atoms with E-state index in [1.165, 1.54) is 31.2 Å². The van der Waals surface area contributed by atoms with Crippen LogP contribution >= 0.6 is 15.9 Å². The van der Waals surface area contributed by atoms with Crippen molar-refractivity contribution >= 4 is 33.6 Å². The number of halogens is 1. The van der Waals surface area contributed by atoms with E-state index in [9.17, 15) is 20.0 Å². The number of benzene rings is 2. The molecule has 0 radical (unpaired) electrons. The molecule has 118 valence electrons. The van der Waals surface area contributed by atoms with Crippen molar-refractivity contribution in [3.05, 3.63) is 73.9 Å². The highest BCUT2D eigenvalue weighted by Gasteiger charge is 2.17. The van der Waals surface area contributed by atoms with Crippen LogP contribution in [-0.2, 0) is 0 Å². The monoisotopic (exact) mass is 376 g/mol. The van der Waals surface area contributed by atoms with Crippen molar-refractivity contribution in [3.63, 3.8) is 0 Å². The van der Waals surface area contributed by atoms with Gasteiger partial charge >= 0.3 is 0 Å². The summed E-state index contributed by atoms with van der Waals surface area (Å²) in [5.74, 6) is -0.794. The predicted molar refractivity (Wildman–Crippen MR) is 90.8 cm³/mol. The van der Waals surface area contributed by atoms with Crippen molar-refractivity contribution < 1.29 is 14.8 Å². The number of nitro groups is 1. The van der Waals surface area contributed by atoms with Gasteiger partial charge in [0.15, 0.2) is 0 Å². The number of phenols is 1. The summed E-state index contributed by atoms with van der Waals surface area (Å²) < 4.78 is 0.864. The highest BCUT2D eigenvalue weighted by atomic mass is 79.9. The number of nitrogens with one attached hydrogen (secondary N) is 1. The third kappa shape index (κ3) is 4.17. The van der Waals surface area contributed by atoms with Gasteiger partial charge in [-0.1, -0.05) is 28.1 Å². The summed E-state index contributed by atoms with van der Waals surface area (Å²) in [4.78, 5) is 22.6. The largest absolute Gasteiger partial charge is 0.507 e. The first kappa shape index (κ1) is 16.7. The van der Waals surface area contributed by atoms with Crippen LogP contribution in [0.15, 0.2) is 52.6 Å². The molecule has 0 aliphatic heterocycles. The third-order valence-corrected chi connectivity index (χ3v) is 3.58. The highest BCUT2D eigenvalue weighted by molar-refractivity contribution is 9.10. The molecule has 0 aliphatic rings. The molecule has 0 atom stereocenters. The molecule has 1 amide bonds. The normalized spacial score (nSPS) is 11.1. The second-order valence-electron chi connectivity index (χ2n) is 4.75. The van der Waals surface area contributed by atoms with Gasteiger partial charge in [0.25, 0.3) is 5.91 Å². The molecular weight excluding hydrogens is 364 g/mol. The van der Waals surface area contributed by atoms with Gasteiger partial charge in [-0.3, -0.25) is 14.9 Å². The Bertz CT molecular complexity index is 785. The first-order chi connectivity index (χ1) is 10.9. The Morgan fingerprint density at radius 1 is 1.26 bits per heavy atom. The molecule has 0 unspecified atom stereocenters. The fourth-order valence-corrected chi connectivity index (χ4v) is 2.19. The number of amides is 1. The second-order valence-corrected chi connectivity index (χ2v) is 5.66. The van der Waals surface area contributed by atoms with E-state index in [4.69, 9.17) is 0 Å². The minimum Gasteiger partial charge on any atom is -0.507 e. The Morgan fingerprint density at radius 2 is 1.91 bits per heavy atom. The number of hydrogen-bond donors (Lipinski definition) is 2. The highest BCUT2D eigenvalue weighted by Crippen LogP contribution is 2.25. The average molecular weight is 377 g/mol. The molecule has 0 heterocycles. The molecule has 0 aliphatic carbocycles. The van der Waals surface area contributed by atoms with Crippen LogP contribution < -0.4 is 5.32 Å². The SMILES string of the molecule is CC(=Cc1cccc(O)c1C(=O)Nc1ccc(Br)cc1)[N+](=O)[O-]. The summed E-state index contributed by atoms with van der Waals surface area (Å²) in [6.45, 7) is 1.32. The van der Waals surface area contributed by atoms with E-state index in [-0.39, 0.29) is 22.6 Å². The second kappa shape index (κ2) is 7.06. The number of nitrogens with zero attached hydrogens (tertiary/aromatic N) is 1. The number of carbonyl (C=O) groups excluding carboxylic acids is 1. The maximum Gasteiger partial charge on any atom is 0.260 e. The van der Waals surface area contributed by atoms with Crippen LogP contribution in [-0.4, -0.2) is 15.9 Å². The third-order valence-electron chi connectivity index (χ3n) is 3.06. The molecule has 7 heteroatoms. The van der Waals surface area contributed by atoms with Gasteiger partial charge < -0.3 is 10.4 Å². The van der Waals surface area contributed by atoms with Crippen molar-refractivity contribution in [2.75, 3.05) is 5.32 Å². The zero-order valence-electron chi connectivity index (χ0n) is 12.1. The molecule has 2 aromatic rings. The van der Waals surface area contributed by atoms with Gasteiger partial charge in [0.2, 0.25) is 5.70 Å². The molecule has 0 aromatic heterocycles. The summed E-state index contributed by atoms with van der Waals surface area (Å²) in [6, 6.07) is 11.3. The van der Waals surface area contributed by atoms with Crippen LogP contribution in [0.25, 0.3) is 6.08 Å². The van der Waals surface area contributed by atoms with E-state index in [0.717, 1.165) is 4.47 Å². The van der Waals surface area contributed by atoms with E-state index in [1.54, 1.807) is 24.3 Å². The lowest BCUT2D eigenvalue weighted by molar-refractivity contribution is -0.422. The Labute approximate surface area is 140 Å². The zero-order valence-corrected chi connectivity index (χ0v) is 13.7. The number of phenolic OH excluding ortho intramolecular Hbond substituents is 1. The van der Waals surface area contributed by atoms with E-state index < -0.39 is 10.8 Å². The fraction of sp³-hybridized carbons (Fsp3) is 0.0625. The van der Waals surface area contributed by atoms with Gasteiger partial charge in [-0.15, -0.1) is 0 Å². The minimum absolute atomic E-state index is 0.0170. The number of rotatable bonds is 4. The fourth-order valence-electron chi connectivity index (χ4n) is 1.93. The number of allylic oxidation sites excluding steroid dienone is 1. The quantitative estimate of drug-likeness (QED) is 0.621. The van der Waals surface area contributed by atoms with Crippen LogP contribution in [0.5, 0.6) is 5.75 Å². The first-order valence-electron chi connectivity index (χ1n) is 6.60. The number of carbonyl (C=O) groups is 1. The van der Waals surface area contributed by atoms with Crippen molar-refractivity contribution in [2.45, 2.75) is 6.92 Å². The first-order valence-corrected chi connectivity index (χ1v) is 7.39. The van der Waals surface area contributed by atoms with E-state index >= 15 is 0 Å². The molecule has 2 N–H and O–H groups in total. The Morgan fingerprint density at radius 3 is 2.52 bits per heavy atom. The molecule has 0 saturated heterocycles. The molecule has 2 aromatic carbocycles. The average Bonchev–Trinajstić information content (AvgIpc) is 2.49. The van der Waals surface area contributed by atoms with Gasteiger partial charge in [-0.2, -0.15) is 0 Å². The predicted octanol–water partition coefficient (Wildman–Crippen LogP) is 4.04. The van der Waals surface area contributed by atoms with E-state index in [0.29, 0.717) is 5.69 Å². The van der Waals surface area contributed by atoms with Crippen molar-refractivity contribution in [3.8, 4) is 5.75 Å². The molecule has 6 nitrogen and oxygen atoms in total. The van der Waals surface area contributed by atoms with Crippen molar-refractivity contribution in [1.82, 2.24) is 0 Å². The van der Waals surface area contributed by atoms with Crippen LogP contribution in [0.3, 0.4) is 0 Å². The summed E-state index contributed by atoms with van der Waals surface area (Å²) >= 11 is 3.30. The van der Waals surface area contributed by atoms with Crippen LogP contribution in [0.1, 0.15) is 22.8 Å². The zero-order chi connectivity index (χ0) is 17.0. The van der Waals surface area contributed by atoms with Gasteiger partial charge in [0.05, 0.1) is 10.5 Å². The van der Waals surface area contributed by atoms with E-state index in [2.05, 4.69) is 21.2 Å².